The van der Waals surface area contributed by atoms with E-state index in [1.807, 2.05) is 31.5 Å². The average Bonchev–Trinajstić information content (AvgIpc) is 3.23. The number of primary sulfonamides is 1. The van der Waals surface area contributed by atoms with Crippen LogP contribution in [0.2, 0.25) is 0 Å². The van der Waals surface area contributed by atoms with E-state index in [9.17, 15) is 8.42 Å². The Labute approximate surface area is 199 Å². The van der Waals surface area contributed by atoms with Crippen molar-refractivity contribution in [3.05, 3.63) is 52.5 Å². The molecule has 1 fully saturated rings. The van der Waals surface area contributed by atoms with E-state index in [1.54, 1.807) is 12.1 Å². The van der Waals surface area contributed by atoms with Crippen molar-refractivity contribution in [2.75, 3.05) is 38.1 Å². The largest absolute Gasteiger partial charge is 0.491 e. The third kappa shape index (κ3) is 5.89. The average molecular weight is 488 g/mol. The summed E-state index contributed by atoms with van der Waals surface area (Å²) in [6.45, 7) is 7.80. The molecule has 0 amide bonds. The van der Waals surface area contributed by atoms with Gasteiger partial charge >= 0.3 is 0 Å². The number of aromatic nitrogens is 2. The molecule has 0 unspecified atom stereocenters. The predicted octanol–water partition coefficient (Wildman–Crippen LogP) is 2.98. The Morgan fingerprint density at radius 3 is 2.61 bits per heavy atom. The maximum absolute atomic E-state index is 11.9. The number of thiazole rings is 1. The Morgan fingerprint density at radius 1 is 1.15 bits per heavy atom. The van der Waals surface area contributed by atoms with Crippen molar-refractivity contribution in [1.82, 2.24) is 14.9 Å². The quantitative estimate of drug-likeness (QED) is 0.547. The maximum atomic E-state index is 11.9. The number of benzene rings is 1. The van der Waals surface area contributed by atoms with E-state index in [0.29, 0.717) is 12.2 Å². The van der Waals surface area contributed by atoms with E-state index in [2.05, 4.69) is 27.9 Å². The fourth-order valence-electron chi connectivity index (χ4n) is 3.71. The van der Waals surface area contributed by atoms with Crippen molar-refractivity contribution in [1.29, 1.82) is 0 Å². The van der Waals surface area contributed by atoms with Crippen molar-refractivity contribution in [2.45, 2.75) is 31.3 Å². The van der Waals surface area contributed by atoms with Gasteiger partial charge in [-0.3, -0.25) is 0 Å². The number of sulfonamides is 1. The molecule has 3 aromatic rings. The number of likely N-dealkylation sites (N-methyl/N-ethyl adjacent to an activating group) is 1. The molecular formula is C23H29N5O3S2. The van der Waals surface area contributed by atoms with E-state index in [1.165, 1.54) is 17.4 Å². The number of ether oxygens (including phenoxy) is 1. The van der Waals surface area contributed by atoms with E-state index in [0.717, 1.165) is 53.8 Å². The Hall–Kier alpha value is -2.53. The molecule has 0 spiro atoms. The van der Waals surface area contributed by atoms with Gasteiger partial charge < -0.3 is 14.5 Å². The van der Waals surface area contributed by atoms with Crippen LogP contribution in [0.1, 0.15) is 24.4 Å². The molecule has 1 aliphatic rings. The van der Waals surface area contributed by atoms with Crippen LogP contribution in [0.15, 0.2) is 46.8 Å². The normalized spacial score (nSPS) is 15.2. The van der Waals surface area contributed by atoms with Crippen LogP contribution in [-0.2, 0) is 16.4 Å². The minimum Gasteiger partial charge on any atom is -0.491 e. The van der Waals surface area contributed by atoms with Crippen molar-refractivity contribution < 1.29 is 13.2 Å². The zero-order valence-electron chi connectivity index (χ0n) is 19.1. The van der Waals surface area contributed by atoms with Gasteiger partial charge in [-0.25, -0.2) is 23.5 Å². The lowest BCUT2D eigenvalue weighted by atomic mass is 10.1. The van der Waals surface area contributed by atoms with Gasteiger partial charge in [-0.15, -0.1) is 11.3 Å². The van der Waals surface area contributed by atoms with Gasteiger partial charge in [-0.2, -0.15) is 0 Å². The Balaban J connectivity index is 1.58. The van der Waals surface area contributed by atoms with Gasteiger partial charge in [0.25, 0.3) is 0 Å². The number of piperazine rings is 1. The summed E-state index contributed by atoms with van der Waals surface area (Å²) in [7, 11) is -1.67. The van der Waals surface area contributed by atoms with Gasteiger partial charge in [0.1, 0.15) is 11.6 Å². The summed E-state index contributed by atoms with van der Waals surface area (Å²) in [6, 6.07) is 8.76. The summed E-state index contributed by atoms with van der Waals surface area (Å²) in [4.78, 5) is 14.0. The second-order valence-electron chi connectivity index (χ2n) is 8.48. The first-order valence-electron chi connectivity index (χ1n) is 10.9. The summed E-state index contributed by atoms with van der Waals surface area (Å²) >= 11 is 1.53. The van der Waals surface area contributed by atoms with E-state index >= 15 is 0 Å². The van der Waals surface area contributed by atoms with Crippen molar-refractivity contribution >= 4 is 27.2 Å². The highest BCUT2D eigenvalue weighted by molar-refractivity contribution is 7.89. The smallest absolute Gasteiger partial charge is 0.238 e. The van der Waals surface area contributed by atoms with Crippen LogP contribution in [0.3, 0.4) is 0 Å². The molecule has 8 nitrogen and oxygen atoms in total. The lowest BCUT2D eigenvalue weighted by Gasteiger charge is -2.33. The lowest BCUT2D eigenvalue weighted by molar-refractivity contribution is 0.240. The number of hydrogen-bond acceptors (Lipinski definition) is 8. The topological polar surface area (TPSA) is 102 Å². The fourth-order valence-corrected chi connectivity index (χ4v) is 5.10. The molecule has 3 heterocycles. The molecule has 1 aromatic carbocycles. The third-order valence-corrected chi connectivity index (χ3v) is 7.24. The van der Waals surface area contributed by atoms with Gasteiger partial charge in [0.15, 0.2) is 0 Å². The molecule has 0 aliphatic carbocycles. The summed E-state index contributed by atoms with van der Waals surface area (Å²) < 4.78 is 29.6. The fraction of sp³-hybridized carbons (Fsp3) is 0.391. The zero-order chi connectivity index (χ0) is 23.6. The van der Waals surface area contributed by atoms with E-state index in [4.69, 9.17) is 14.9 Å². The first-order valence-corrected chi connectivity index (χ1v) is 13.3. The minimum absolute atomic E-state index is 0.0410. The van der Waals surface area contributed by atoms with Gasteiger partial charge in [0, 0.05) is 55.3 Å². The number of nitrogens with two attached hydrogens (primary N) is 1. The number of anilines is 1. The zero-order valence-corrected chi connectivity index (χ0v) is 20.7. The summed E-state index contributed by atoms with van der Waals surface area (Å²) in [5, 5.41) is 8.22. The predicted molar refractivity (Wildman–Crippen MR) is 131 cm³/mol. The molecule has 2 aromatic heterocycles. The van der Waals surface area contributed by atoms with Gasteiger partial charge in [0.2, 0.25) is 10.0 Å². The first-order chi connectivity index (χ1) is 15.7. The molecule has 176 valence electrons. The van der Waals surface area contributed by atoms with Gasteiger partial charge in [-0.05, 0) is 51.2 Å². The molecule has 0 bridgehead atoms. The number of nitrogens with zero attached hydrogens (tertiary/aromatic N) is 4. The number of hydrogen-bond donors (Lipinski definition) is 1. The third-order valence-electron chi connectivity index (χ3n) is 5.49. The lowest BCUT2D eigenvalue weighted by Crippen LogP contribution is -2.44. The second-order valence-corrected chi connectivity index (χ2v) is 11.0. The molecule has 4 rings (SSSR count). The summed E-state index contributed by atoms with van der Waals surface area (Å²) in [5.41, 5.74) is 2.63. The van der Waals surface area contributed by atoms with Crippen LogP contribution in [0.4, 0.5) is 5.82 Å². The highest BCUT2D eigenvalue weighted by atomic mass is 32.2. The SMILES string of the molecule is CC(C)Oc1ccc(S(N)(=O)=O)cc1Cc1nc(-c2ccnc(N3CCN(C)CC3)c2)cs1. The van der Waals surface area contributed by atoms with Crippen molar-refractivity contribution in [3.63, 3.8) is 0 Å². The molecule has 10 heteroatoms. The number of rotatable bonds is 7. The highest BCUT2D eigenvalue weighted by Crippen LogP contribution is 2.30. The minimum atomic E-state index is -3.81. The molecule has 1 aliphatic heterocycles. The Bertz CT molecular complexity index is 1220. The maximum Gasteiger partial charge on any atom is 0.238 e. The monoisotopic (exact) mass is 487 g/mol. The molecule has 0 saturated carbocycles. The van der Waals surface area contributed by atoms with Crippen LogP contribution >= 0.6 is 11.3 Å². The van der Waals surface area contributed by atoms with Crippen LogP contribution in [0, 0.1) is 0 Å². The van der Waals surface area contributed by atoms with Crippen molar-refractivity contribution in [3.8, 4) is 17.0 Å². The first kappa shape index (κ1) is 23.6. The van der Waals surface area contributed by atoms with Gasteiger partial charge in [-0.1, -0.05) is 0 Å². The molecule has 2 N–H and O–H groups in total. The molecular weight excluding hydrogens is 458 g/mol. The van der Waals surface area contributed by atoms with Crippen molar-refractivity contribution in [2.24, 2.45) is 5.14 Å². The second kappa shape index (κ2) is 9.76. The molecule has 0 atom stereocenters. The Morgan fingerprint density at radius 2 is 1.91 bits per heavy atom. The highest BCUT2D eigenvalue weighted by Gasteiger charge is 2.18. The van der Waals surface area contributed by atoms with E-state index < -0.39 is 10.0 Å². The molecule has 1 saturated heterocycles. The summed E-state index contributed by atoms with van der Waals surface area (Å²) in [6.07, 6.45) is 2.24. The standard InChI is InChI=1S/C23H29N5O3S2/c1-16(2)31-21-5-4-19(33(24,29)30)12-18(21)14-23-26-20(15-32-23)17-6-7-25-22(13-17)28-10-8-27(3)9-11-28/h4-7,12-13,15-16H,8-11,14H2,1-3H3,(H2,24,29,30). The van der Waals surface area contributed by atoms with Crippen LogP contribution < -0.4 is 14.8 Å². The van der Waals surface area contributed by atoms with Crippen LogP contribution in [0.25, 0.3) is 11.3 Å². The van der Waals surface area contributed by atoms with Crippen LogP contribution in [0.5, 0.6) is 5.75 Å². The van der Waals surface area contributed by atoms with E-state index in [-0.39, 0.29) is 11.0 Å². The van der Waals surface area contributed by atoms with Gasteiger partial charge in [0.05, 0.1) is 21.7 Å². The number of pyridine rings is 1. The molecule has 0 radical (unpaired) electrons. The molecule has 33 heavy (non-hydrogen) atoms. The Kier molecular flexibility index (Phi) is 6.99. The summed E-state index contributed by atoms with van der Waals surface area (Å²) in [5.74, 6) is 1.60. The van der Waals surface area contributed by atoms with Crippen LogP contribution in [-0.4, -0.2) is 62.6 Å².